The Hall–Kier alpha value is -0.790. The predicted molar refractivity (Wildman–Crippen MR) is 87.0 cm³/mol. The maximum absolute atomic E-state index is 8.70. The number of nitrogens with zero attached hydrogens (tertiary/aromatic N) is 2. The first-order chi connectivity index (χ1) is 10.3. The van der Waals surface area contributed by atoms with Gasteiger partial charge in [-0.3, -0.25) is 4.90 Å². The lowest BCUT2D eigenvalue weighted by molar-refractivity contribution is 0.0710. The Labute approximate surface area is 133 Å². The second kappa shape index (κ2) is 6.98. The van der Waals surface area contributed by atoms with Gasteiger partial charge in [-0.05, 0) is 25.0 Å². The highest BCUT2D eigenvalue weighted by Gasteiger charge is 2.20. The summed E-state index contributed by atoms with van der Waals surface area (Å²) < 4.78 is 5.35. The van der Waals surface area contributed by atoms with Crippen molar-refractivity contribution in [2.45, 2.75) is 19.9 Å². The van der Waals surface area contributed by atoms with Gasteiger partial charge in [0.1, 0.15) is 0 Å². The van der Waals surface area contributed by atoms with Crippen LogP contribution in [0.15, 0.2) is 11.4 Å². The largest absolute Gasteiger partial charge is 0.394 e. The molecule has 0 atom stereocenters. The first-order valence-electron chi connectivity index (χ1n) is 7.21. The van der Waals surface area contributed by atoms with Crippen molar-refractivity contribution < 1.29 is 9.84 Å². The summed E-state index contributed by atoms with van der Waals surface area (Å²) in [5, 5.41) is 12.0. The molecule has 0 saturated carbocycles. The molecule has 0 bridgehead atoms. The number of ether oxygens (including phenoxy) is 1. The molecule has 21 heavy (non-hydrogen) atoms. The van der Waals surface area contributed by atoms with Gasteiger partial charge in [-0.25, -0.2) is 4.98 Å². The van der Waals surface area contributed by atoms with Crippen molar-refractivity contribution in [3.63, 3.8) is 0 Å². The molecule has 1 N–H and O–H groups in total. The zero-order valence-electron chi connectivity index (χ0n) is 12.2. The Bertz CT molecular complexity index is 594. The fourth-order valence-electron chi connectivity index (χ4n) is 2.55. The lowest BCUT2D eigenvalue weighted by Crippen LogP contribution is -2.32. The number of hydrogen-bond acceptors (Lipinski definition) is 6. The lowest BCUT2D eigenvalue weighted by atomic mass is 10.1. The monoisotopic (exact) mass is 324 g/mol. The van der Waals surface area contributed by atoms with E-state index in [0.29, 0.717) is 13.2 Å². The smallest absolute Gasteiger partial charge is 0.0914 e. The Morgan fingerprint density at radius 1 is 1.43 bits per heavy atom. The molecule has 4 nitrogen and oxygen atoms in total. The molecule has 2 aromatic heterocycles. The molecular weight excluding hydrogens is 304 g/mol. The van der Waals surface area contributed by atoms with Crippen LogP contribution < -0.4 is 0 Å². The number of aromatic nitrogens is 1. The van der Waals surface area contributed by atoms with Gasteiger partial charge in [-0.1, -0.05) is 0 Å². The van der Waals surface area contributed by atoms with Crippen molar-refractivity contribution in [2.75, 3.05) is 32.9 Å². The minimum absolute atomic E-state index is 0.102. The van der Waals surface area contributed by atoms with Gasteiger partial charge in [0.2, 0.25) is 0 Å². The standard InChI is InChI=1S/C15H20N2O2S2/c1-11-16-13(10-20-11)15-8-12-9-17(3-2-14(12)21-15)4-6-19-7-5-18/h8,10,18H,2-7,9H2,1H3. The maximum Gasteiger partial charge on any atom is 0.0914 e. The summed E-state index contributed by atoms with van der Waals surface area (Å²) in [7, 11) is 0. The molecule has 2 aromatic rings. The van der Waals surface area contributed by atoms with Crippen LogP contribution in [0.5, 0.6) is 0 Å². The highest BCUT2D eigenvalue weighted by molar-refractivity contribution is 7.16. The van der Waals surface area contributed by atoms with Crippen LogP contribution in [-0.4, -0.2) is 47.9 Å². The molecule has 3 rings (SSSR count). The van der Waals surface area contributed by atoms with Crippen molar-refractivity contribution >= 4 is 22.7 Å². The van der Waals surface area contributed by atoms with Crippen LogP contribution in [0.25, 0.3) is 10.6 Å². The molecule has 114 valence electrons. The number of aliphatic hydroxyl groups is 1. The average molecular weight is 324 g/mol. The first-order valence-corrected chi connectivity index (χ1v) is 8.91. The van der Waals surface area contributed by atoms with Crippen molar-refractivity contribution in [3.8, 4) is 10.6 Å². The Morgan fingerprint density at radius 3 is 3.10 bits per heavy atom. The third-order valence-electron chi connectivity index (χ3n) is 3.60. The second-order valence-corrected chi connectivity index (χ2v) is 7.37. The van der Waals surface area contributed by atoms with Crippen LogP contribution in [0.4, 0.5) is 0 Å². The number of aliphatic hydroxyl groups excluding tert-OH is 1. The van der Waals surface area contributed by atoms with E-state index >= 15 is 0 Å². The highest BCUT2D eigenvalue weighted by Crippen LogP contribution is 2.35. The molecule has 0 saturated heterocycles. The fourth-order valence-corrected chi connectivity index (χ4v) is 4.36. The molecule has 0 amide bonds. The summed E-state index contributed by atoms with van der Waals surface area (Å²) in [6.07, 6.45) is 1.11. The van der Waals surface area contributed by atoms with Crippen LogP contribution in [0.1, 0.15) is 15.4 Å². The summed E-state index contributed by atoms with van der Waals surface area (Å²) in [4.78, 5) is 9.80. The van der Waals surface area contributed by atoms with Gasteiger partial charge in [0.05, 0.1) is 35.4 Å². The summed E-state index contributed by atoms with van der Waals surface area (Å²) in [5.74, 6) is 0. The van der Waals surface area contributed by atoms with Gasteiger partial charge < -0.3 is 9.84 Å². The number of thiazole rings is 1. The zero-order chi connectivity index (χ0) is 14.7. The van der Waals surface area contributed by atoms with E-state index in [1.165, 1.54) is 15.3 Å². The minimum atomic E-state index is 0.102. The van der Waals surface area contributed by atoms with Crippen molar-refractivity contribution in [2.24, 2.45) is 0 Å². The van der Waals surface area contributed by atoms with Crippen molar-refractivity contribution in [1.82, 2.24) is 9.88 Å². The fraction of sp³-hybridized carbons (Fsp3) is 0.533. The molecule has 0 aliphatic carbocycles. The van der Waals surface area contributed by atoms with Crippen molar-refractivity contribution in [3.05, 3.63) is 26.9 Å². The second-order valence-electron chi connectivity index (χ2n) is 5.17. The Kier molecular flexibility index (Phi) is 5.03. The normalized spacial score (nSPS) is 15.3. The quantitative estimate of drug-likeness (QED) is 0.830. The number of aryl methyl sites for hydroxylation is 1. The van der Waals surface area contributed by atoms with E-state index in [2.05, 4.69) is 28.3 Å². The summed E-state index contributed by atoms with van der Waals surface area (Å²) in [5.41, 5.74) is 2.56. The third-order valence-corrected chi connectivity index (χ3v) is 5.64. The summed E-state index contributed by atoms with van der Waals surface area (Å²) >= 11 is 3.60. The molecule has 0 fully saturated rings. The first kappa shape index (κ1) is 15.1. The van der Waals surface area contributed by atoms with Crippen LogP contribution >= 0.6 is 22.7 Å². The van der Waals surface area contributed by atoms with E-state index in [1.807, 2.05) is 11.3 Å². The number of rotatable bonds is 6. The van der Waals surface area contributed by atoms with Gasteiger partial charge in [0.25, 0.3) is 0 Å². The van der Waals surface area contributed by atoms with Gasteiger partial charge in [0, 0.05) is 29.9 Å². The molecule has 0 aromatic carbocycles. The minimum Gasteiger partial charge on any atom is -0.394 e. The predicted octanol–water partition coefficient (Wildman–Crippen LogP) is 2.55. The number of fused-ring (bicyclic) bond motifs is 1. The molecule has 3 heterocycles. The molecule has 0 unspecified atom stereocenters. The van der Waals surface area contributed by atoms with Crippen LogP contribution in [0, 0.1) is 6.92 Å². The lowest BCUT2D eigenvalue weighted by Gasteiger charge is -2.26. The van der Waals surface area contributed by atoms with Crippen molar-refractivity contribution in [1.29, 1.82) is 0 Å². The number of hydrogen-bond donors (Lipinski definition) is 1. The van der Waals surface area contributed by atoms with Gasteiger partial charge >= 0.3 is 0 Å². The molecular formula is C15H20N2O2S2. The molecule has 1 aliphatic heterocycles. The Balaban J connectivity index is 1.62. The summed E-state index contributed by atoms with van der Waals surface area (Å²) in [6, 6.07) is 2.30. The van der Waals surface area contributed by atoms with Gasteiger partial charge in [-0.2, -0.15) is 0 Å². The van der Waals surface area contributed by atoms with E-state index < -0.39 is 0 Å². The maximum atomic E-state index is 8.70. The van der Waals surface area contributed by atoms with Crippen LogP contribution in [0.2, 0.25) is 0 Å². The van der Waals surface area contributed by atoms with E-state index in [1.54, 1.807) is 11.3 Å². The highest BCUT2D eigenvalue weighted by atomic mass is 32.1. The molecule has 0 radical (unpaired) electrons. The summed E-state index contributed by atoms with van der Waals surface area (Å²) in [6.45, 7) is 6.30. The average Bonchev–Trinajstić information content (AvgIpc) is 3.09. The zero-order valence-corrected chi connectivity index (χ0v) is 13.8. The van der Waals surface area contributed by atoms with E-state index in [0.717, 1.165) is 36.8 Å². The van der Waals surface area contributed by atoms with Gasteiger partial charge in [0.15, 0.2) is 0 Å². The SMILES string of the molecule is Cc1nc(-c2cc3c(s2)CCN(CCOCCO)C3)cs1. The van der Waals surface area contributed by atoms with Gasteiger partial charge in [-0.15, -0.1) is 22.7 Å². The molecule has 0 spiro atoms. The third kappa shape index (κ3) is 3.70. The molecule has 6 heteroatoms. The number of thiophene rings is 1. The topological polar surface area (TPSA) is 45.6 Å². The van der Waals surface area contributed by atoms with E-state index in [9.17, 15) is 0 Å². The van der Waals surface area contributed by atoms with E-state index in [4.69, 9.17) is 9.84 Å². The Morgan fingerprint density at radius 2 is 2.33 bits per heavy atom. The van der Waals surface area contributed by atoms with Crippen LogP contribution in [-0.2, 0) is 17.7 Å². The molecule has 1 aliphatic rings. The van der Waals surface area contributed by atoms with Crippen LogP contribution in [0.3, 0.4) is 0 Å². The van der Waals surface area contributed by atoms with E-state index in [-0.39, 0.29) is 6.61 Å².